The number of nitrogens with one attached hydrogen (secondary N) is 2. The third-order valence-electron chi connectivity index (χ3n) is 7.74. The maximum absolute atomic E-state index is 13.6. The van der Waals surface area contributed by atoms with Gasteiger partial charge in [0, 0.05) is 24.3 Å². The number of amides is 2. The van der Waals surface area contributed by atoms with Gasteiger partial charge in [0.15, 0.2) is 0 Å². The molecule has 2 amide bonds. The molecule has 208 valence electrons. The molecule has 4 aromatic carbocycles. The molecule has 4 aromatic rings. The van der Waals surface area contributed by atoms with Crippen molar-refractivity contribution >= 4 is 23.2 Å². The van der Waals surface area contributed by atoms with Gasteiger partial charge in [0.1, 0.15) is 17.9 Å². The molecule has 2 aliphatic rings. The largest absolute Gasteiger partial charge is 0.487 e. The second-order valence-corrected chi connectivity index (χ2v) is 10.5. The van der Waals surface area contributed by atoms with Crippen LogP contribution >= 0.6 is 0 Å². The van der Waals surface area contributed by atoms with Crippen molar-refractivity contribution in [3.63, 3.8) is 0 Å². The van der Waals surface area contributed by atoms with Gasteiger partial charge in [-0.2, -0.15) is 0 Å². The SMILES string of the molecule is O=C(Nc1ccc(-c2ccccc2)cc1)c1ccc(OCc2ccccc2)c(NC(=O)C2(N3CCOCC3)CC2)c1. The minimum absolute atomic E-state index is 0.0713. The Morgan fingerprint density at radius 1 is 0.780 bits per heavy atom. The number of hydrogen-bond acceptors (Lipinski definition) is 5. The van der Waals surface area contributed by atoms with E-state index in [9.17, 15) is 9.59 Å². The molecule has 0 unspecified atom stereocenters. The van der Waals surface area contributed by atoms with E-state index < -0.39 is 5.54 Å². The average molecular weight is 548 g/mol. The molecule has 1 aliphatic carbocycles. The van der Waals surface area contributed by atoms with Crippen molar-refractivity contribution in [2.45, 2.75) is 25.0 Å². The molecule has 1 aliphatic heterocycles. The number of carbonyl (C=O) groups excluding carboxylic acids is 2. The molecular formula is C34H33N3O4. The Hall–Kier alpha value is -4.46. The van der Waals surface area contributed by atoms with E-state index in [4.69, 9.17) is 9.47 Å². The molecule has 1 heterocycles. The first-order valence-corrected chi connectivity index (χ1v) is 14.0. The second kappa shape index (κ2) is 12.0. The Bertz CT molecular complexity index is 1500. The predicted molar refractivity (Wildman–Crippen MR) is 160 cm³/mol. The summed E-state index contributed by atoms with van der Waals surface area (Å²) in [7, 11) is 0. The lowest BCUT2D eigenvalue weighted by molar-refractivity contribution is -0.124. The zero-order chi connectivity index (χ0) is 28.1. The lowest BCUT2D eigenvalue weighted by atomic mass is 10.1. The molecule has 0 radical (unpaired) electrons. The van der Waals surface area contributed by atoms with Gasteiger partial charge in [-0.15, -0.1) is 0 Å². The van der Waals surface area contributed by atoms with E-state index in [0.717, 1.165) is 42.6 Å². The van der Waals surface area contributed by atoms with E-state index in [1.54, 1.807) is 18.2 Å². The van der Waals surface area contributed by atoms with Crippen LogP contribution in [0, 0.1) is 0 Å². The molecule has 1 saturated carbocycles. The smallest absolute Gasteiger partial charge is 0.255 e. The summed E-state index contributed by atoms with van der Waals surface area (Å²) in [4.78, 5) is 29.1. The Balaban J connectivity index is 1.20. The zero-order valence-electron chi connectivity index (χ0n) is 22.8. The van der Waals surface area contributed by atoms with Crippen molar-refractivity contribution in [2.24, 2.45) is 0 Å². The number of carbonyl (C=O) groups is 2. The third-order valence-corrected chi connectivity index (χ3v) is 7.74. The fourth-order valence-electron chi connectivity index (χ4n) is 5.25. The molecule has 7 heteroatoms. The standard InChI is InChI=1S/C34H33N3O4/c38-32(35-29-14-11-27(12-15-29)26-9-5-2-6-10-26)28-13-16-31(41-24-25-7-3-1-4-8-25)30(23-28)36-33(39)34(17-18-34)37-19-21-40-22-20-37/h1-16,23H,17-22,24H2,(H,35,38)(H,36,39). The van der Waals surface area contributed by atoms with Crippen LogP contribution in [0.1, 0.15) is 28.8 Å². The second-order valence-electron chi connectivity index (χ2n) is 10.5. The predicted octanol–water partition coefficient (Wildman–Crippen LogP) is 5.99. The molecule has 2 fully saturated rings. The highest BCUT2D eigenvalue weighted by Crippen LogP contribution is 2.43. The summed E-state index contributed by atoms with van der Waals surface area (Å²) < 4.78 is 11.6. The van der Waals surface area contributed by atoms with Crippen LogP contribution in [-0.2, 0) is 16.1 Å². The molecule has 0 atom stereocenters. The minimum atomic E-state index is -0.529. The van der Waals surface area contributed by atoms with Crippen LogP contribution in [0.4, 0.5) is 11.4 Å². The van der Waals surface area contributed by atoms with Gasteiger partial charge in [0.25, 0.3) is 5.91 Å². The number of nitrogens with zero attached hydrogens (tertiary/aromatic N) is 1. The number of hydrogen-bond donors (Lipinski definition) is 2. The van der Waals surface area contributed by atoms with Crippen molar-refractivity contribution < 1.29 is 19.1 Å². The highest BCUT2D eigenvalue weighted by Gasteiger charge is 2.54. The molecule has 2 N–H and O–H groups in total. The van der Waals surface area contributed by atoms with E-state index >= 15 is 0 Å². The van der Waals surface area contributed by atoms with Crippen molar-refractivity contribution in [3.8, 4) is 16.9 Å². The van der Waals surface area contributed by atoms with Crippen molar-refractivity contribution in [3.05, 3.63) is 114 Å². The maximum Gasteiger partial charge on any atom is 0.255 e. The molecule has 1 saturated heterocycles. The van der Waals surface area contributed by atoms with Gasteiger partial charge in [0.05, 0.1) is 18.9 Å². The van der Waals surface area contributed by atoms with Gasteiger partial charge >= 0.3 is 0 Å². The van der Waals surface area contributed by atoms with E-state index in [2.05, 4.69) is 27.7 Å². The van der Waals surface area contributed by atoms with E-state index in [1.165, 1.54) is 0 Å². The first-order valence-electron chi connectivity index (χ1n) is 14.0. The Labute approximate surface area is 240 Å². The first-order chi connectivity index (χ1) is 20.1. The minimum Gasteiger partial charge on any atom is -0.487 e. The molecule has 0 aromatic heterocycles. The van der Waals surface area contributed by atoms with Gasteiger partial charge in [-0.25, -0.2) is 0 Å². The summed E-state index contributed by atoms with van der Waals surface area (Å²) in [5.41, 5.74) is 4.27. The summed E-state index contributed by atoms with van der Waals surface area (Å²) in [5, 5.41) is 6.08. The van der Waals surface area contributed by atoms with E-state index in [-0.39, 0.29) is 11.8 Å². The van der Waals surface area contributed by atoms with Crippen LogP contribution < -0.4 is 15.4 Å². The highest BCUT2D eigenvalue weighted by atomic mass is 16.5. The van der Waals surface area contributed by atoms with Gasteiger partial charge in [-0.05, 0) is 59.9 Å². The topological polar surface area (TPSA) is 79.9 Å². The van der Waals surface area contributed by atoms with Gasteiger partial charge in [0.2, 0.25) is 5.91 Å². The van der Waals surface area contributed by atoms with Crippen LogP contribution in [0.3, 0.4) is 0 Å². The molecule has 41 heavy (non-hydrogen) atoms. The molecule has 6 rings (SSSR count). The average Bonchev–Trinajstić information content (AvgIpc) is 3.85. The summed E-state index contributed by atoms with van der Waals surface area (Å²) in [5.74, 6) is 0.179. The fourth-order valence-corrected chi connectivity index (χ4v) is 5.25. The quantitative estimate of drug-likeness (QED) is 0.269. The Kier molecular flexibility index (Phi) is 7.80. The Morgan fingerprint density at radius 2 is 1.44 bits per heavy atom. The van der Waals surface area contributed by atoms with Crippen molar-refractivity contribution in [2.75, 3.05) is 36.9 Å². The number of rotatable bonds is 9. The lowest BCUT2D eigenvalue weighted by Gasteiger charge is -2.34. The summed E-state index contributed by atoms with van der Waals surface area (Å²) >= 11 is 0. The third kappa shape index (κ3) is 6.16. The van der Waals surface area contributed by atoms with Gasteiger partial charge in [-0.3, -0.25) is 14.5 Å². The number of benzene rings is 4. The monoisotopic (exact) mass is 547 g/mol. The van der Waals surface area contributed by atoms with Crippen molar-refractivity contribution in [1.29, 1.82) is 0 Å². The fraction of sp³-hybridized carbons (Fsp3) is 0.235. The maximum atomic E-state index is 13.6. The van der Waals surface area contributed by atoms with Crippen LogP contribution in [0.5, 0.6) is 5.75 Å². The van der Waals surface area contributed by atoms with Crippen LogP contribution in [0.15, 0.2) is 103 Å². The van der Waals surface area contributed by atoms with E-state index in [0.29, 0.717) is 42.5 Å². The zero-order valence-corrected chi connectivity index (χ0v) is 22.8. The molecule has 0 bridgehead atoms. The van der Waals surface area contributed by atoms with Gasteiger partial charge < -0.3 is 20.1 Å². The van der Waals surface area contributed by atoms with Crippen LogP contribution in [-0.4, -0.2) is 48.6 Å². The molecule has 0 spiro atoms. The Morgan fingerprint density at radius 3 is 2.12 bits per heavy atom. The number of morpholine rings is 1. The van der Waals surface area contributed by atoms with E-state index in [1.807, 2.05) is 72.8 Å². The highest BCUT2D eigenvalue weighted by molar-refractivity contribution is 6.07. The summed E-state index contributed by atoms with van der Waals surface area (Å²) in [6.07, 6.45) is 1.61. The van der Waals surface area contributed by atoms with Crippen molar-refractivity contribution in [1.82, 2.24) is 4.90 Å². The number of ether oxygens (including phenoxy) is 2. The van der Waals surface area contributed by atoms with Crippen LogP contribution in [0.2, 0.25) is 0 Å². The molecule has 7 nitrogen and oxygen atoms in total. The normalized spacial score (nSPS) is 16.0. The van der Waals surface area contributed by atoms with Gasteiger partial charge in [-0.1, -0.05) is 72.8 Å². The van der Waals surface area contributed by atoms with Crippen LogP contribution in [0.25, 0.3) is 11.1 Å². The first kappa shape index (κ1) is 26.7. The number of anilines is 2. The summed E-state index contributed by atoms with van der Waals surface area (Å²) in [6, 6.07) is 32.8. The molecular weight excluding hydrogens is 514 g/mol. The lowest BCUT2D eigenvalue weighted by Crippen LogP contribution is -2.51. The summed E-state index contributed by atoms with van der Waals surface area (Å²) in [6.45, 7) is 3.06.